The van der Waals surface area contributed by atoms with E-state index in [1.165, 1.54) is 24.8 Å². The summed E-state index contributed by atoms with van der Waals surface area (Å²) in [6.45, 7) is 5.12. The van der Waals surface area contributed by atoms with Crippen molar-refractivity contribution >= 4 is 5.82 Å². The summed E-state index contributed by atoms with van der Waals surface area (Å²) in [7, 11) is 0. The van der Waals surface area contributed by atoms with E-state index in [2.05, 4.69) is 30.2 Å². The zero-order valence-corrected chi connectivity index (χ0v) is 14.9. The molecule has 0 atom stereocenters. The Hall–Kier alpha value is -2.08. The minimum absolute atomic E-state index is 0.489. The Kier molecular flexibility index (Phi) is 4.88. The summed E-state index contributed by atoms with van der Waals surface area (Å²) in [4.78, 5) is 20.1. The van der Waals surface area contributed by atoms with Gasteiger partial charge in [0.2, 0.25) is 0 Å². The van der Waals surface area contributed by atoms with Crippen molar-refractivity contribution in [2.45, 2.75) is 57.5 Å². The fraction of sp³-hybridized carbons (Fsp3) is 0.579. The summed E-state index contributed by atoms with van der Waals surface area (Å²) < 4.78 is 0. The molecule has 4 rings (SSSR count). The molecule has 6 heteroatoms. The van der Waals surface area contributed by atoms with Gasteiger partial charge in [-0.05, 0) is 32.6 Å². The van der Waals surface area contributed by atoms with E-state index in [4.69, 9.17) is 0 Å². The normalized spacial score (nSPS) is 19.6. The topological polar surface area (TPSA) is 66.8 Å². The van der Waals surface area contributed by atoms with Crippen LogP contribution in [0.5, 0.6) is 0 Å². The maximum atomic E-state index is 4.58. The number of aromatic nitrogens is 4. The third-order valence-corrected chi connectivity index (χ3v) is 5.35. The van der Waals surface area contributed by atoms with Crippen LogP contribution in [0.4, 0.5) is 5.82 Å². The van der Waals surface area contributed by atoms with Crippen LogP contribution >= 0.6 is 0 Å². The quantitative estimate of drug-likeness (QED) is 0.904. The van der Waals surface area contributed by atoms with Crippen LogP contribution in [0.2, 0.25) is 0 Å². The molecule has 132 valence electrons. The number of anilines is 1. The van der Waals surface area contributed by atoms with Crippen LogP contribution in [0.25, 0.3) is 0 Å². The number of hydrogen-bond acceptors (Lipinski definition) is 6. The highest BCUT2D eigenvalue weighted by molar-refractivity contribution is 5.35. The molecule has 0 radical (unpaired) electrons. The molecule has 2 aromatic rings. The lowest BCUT2D eigenvalue weighted by atomic mass is 9.85. The number of nitrogens with zero attached hydrogens (tertiary/aromatic N) is 5. The van der Waals surface area contributed by atoms with E-state index in [0.29, 0.717) is 12.0 Å². The van der Waals surface area contributed by atoms with Crippen LogP contribution in [0.3, 0.4) is 0 Å². The standard InChI is InChI=1S/C19H26N6/c1-14-9-18(23-13-22-14)24-17-5-7-25(8-6-17)12-15-10-20-19(21-11-15)16-3-2-4-16/h9-11,13,16-17H,2-8,12H2,1H3,(H,22,23,24). The lowest BCUT2D eigenvalue weighted by Crippen LogP contribution is -2.38. The minimum Gasteiger partial charge on any atom is -0.367 e. The van der Waals surface area contributed by atoms with E-state index >= 15 is 0 Å². The number of rotatable bonds is 5. The second-order valence-electron chi connectivity index (χ2n) is 7.32. The third kappa shape index (κ3) is 4.12. The summed E-state index contributed by atoms with van der Waals surface area (Å²) in [5, 5.41) is 3.54. The summed E-state index contributed by atoms with van der Waals surface area (Å²) in [6.07, 6.45) is 11.8. The first-order valence-electron chi connectivity index (χ1n) is 9.34. The zero-order valence-electron chi connectivity index (χ0n) is 14.9. The molecule has 0 spiro atoms. The molecule has 2 aliphatic rings. The molecule has 2 aromatic heterocycles. The minimum atomic E-state index is 0.489. The lowest BCUT2D eigenvalue weighted by Gasteiger charge is -2.32. The maximum Gasteiger partial charge on any atom is 0.131 e. The highest BCUT2D eigenvalue weighted by atomic mass is 15.1. The molecular weight excluding hydrogens is 312 g/mol. The second-order valence-corrected chi connectivity index (χ2v) is 7.32. The van der Waals surface area contributed by atoms with Crippen molar-refractivity contribution < 1.29 is 0 Å². The van der Waals surface area contributed by atoms with E-state index in [9.17, 15) is 0 Å². The Balaban J connectivity index is 1.25. The van der Waals surface area contributed by atoms with Crippen LogP contribution in [0, 0.1) is 6.92 Å². The monoisotopic (exact) mass is 338 g/mol. The molecule has 0 aromatic carbocycles. The largest absolute Gasteiger partial charge is 0.367 e. The molecule has 1 aliphatic heterocycles. The van der Waals surface area contributed by atoms with Gasteiger partial charge < -0.3 is 5.32 Å². The van der Waals surface area contributed by atoms with Gasteiger partial charge in [-0.25, -0.2) is 19.9 Å². The van der Waals surface area contributed by atoms with Crippen LogP contribution in [-0.4, -0.2) is 44.0 Å². The van der Waals surface area contributed by atoms with Crippen LogP contribution in [-0.2, 0) is 6.54 Å². The van der Waals surface area contributed by atoms with Crippen molar-refractivity contribution in [1.82, 2.24) is 24.8 Å². The molecule has 1 aliphatic carbocycles. The highest BCUT2D eigenvalue weighted by Crippen LogP contribution is 2.33. The van der Waals surface area contributed by atoms with Crippen molar-refractivity contribution in [2.75, 3.05) is 18.4 Å². The Morgan fingerprint density at radius 2 is 1.80 bits per heavy atom. The van der Waals surface area contributed by atoms with E-state index < -0.39 is 0 Å². The number of aryl methyl sites for hydroxylation is 1. The van der Waals surface area contributed by atoms with Gasteiger partial charge in [-0.1, -0.05) is 6.42 Å². The van der Waals surface area contributed by atoms with Crippen LogP contribution in [0.1, 0.15) is 55.1 Å². The average Bonchev–Trinajstić information content (AvgIpc) is 2.57. The maximum absolute atomic E-state index is 4.58. The third-order valence-electron chi connectivity index (χ3n) is 5.35. The van der Waals surface area contributed by atoms with Gasteiger partial charge in [-0.3, -0.25) is 4.90 Å². The van der Waals surface area contributed by atoms with Gasteiger partial charge in [0.15, 0.2) is 0 Å². The molecule has 6 nitrogen and oxygen atoms in total. The summed E-state index contributed by atoms with van der Waals surface area (Å²) >= 11 is 0. The van der Waals surface area contributed by atoms with E-state index in [-0.39, 0.29) is 0 Å². The second kappa shape index (κ2) is 7.44. The first-order chi connectivity index (χ1) is 12.3. The molecule has 0 bridgehead atoms. The number of piperidine rings is 1. The highest BCUT2D eigenvalue weighted by Gasteiger charge is 2.23. The number of likely N-dealkylation sites (tertiary alicyclic amines) is 1. The van der Waals surface area contributed by atoms with Crippen LogP contribution in [0.15, 0.2) is 24.8 Å². The fourth-order valence-electron chi connectivity index (χ4n) is 3.56. The van der Waals surface area contributed by atoms with E-state index in [0.717, 1.165) is 49.8 Å². The van der Waals surface area contributed by atoms with Crippen LogP contribution < -0.4 is 5.32 Å². The summed E-state index contributed by atoms with van der Waals surface area (Å²) in [5.74, 6) is 2.59. The summed E-state index contributed by atoms with van der Waals surface area (Å²) in [6, 6.07) is 2.50. The summed E-state index contributed by atoms with van der Waals surface area (Å²) in [5.41, 5.74) is 2.22. The molecule has 2 fully saturated rings. The van der Waals surface area contributed by atoms with Gasteiger partial charge in [-0.15, -0.1) is 0 Å². The van der Waals surface area contributed by atoms with E-state index in [1.807, 2.05) is 25.4 Å². The molecule has 1 saturated heterocycles. The van der Waals surface area contributed by atoms with Gasteiger partial charge in [0.1, 0.15) is 18.0 Å². The molecular formula is C19H26N6. The Labute approximate surface area is 149 Å². The predicted molar refractivity (Wildman–Crippen MR) is 97.3 cm³/mol. The Bertz CT molecular complexity index is 689. The van der Waals surface area contributed by atoms with Gasteiger partial charge in [0, 0.05) is 61.3 Å². The van der Waals surface area contributed by atoms with E-state index in [1.54, 1.807) is 6.33 Å². The molecule has 1 saturated carbocycles. The number of hydrogen-bond donors (Lipinski definition) is 1. The fourth-order valence-corrected chi connectivity index (χ4v) is 3.56. The number of nitrogens with one attached hydrogen (secondary N) is 1. The van der Waals surface area contributed by atoms with Gasteiger partial charge in [0.25, 0.3) is 0 Å². The van der Waals surface area contributed by atoms with Gasteiger partial charge in [0.05, 0.1) is 0 Å². The molecule has 0 amide bonds. The average molecular weight is 338 g/mol. The first-order valence-corrected chi connectivity index (χ1v) is 9.34. The Morgan fingerprint density at radius 1 is 1.04 bits per heavy atom. The van der Waals surface area contributed by atoms with Gasteiger partial charge in [-0.2, -0.15) is 0 Å². The lowest BCUT2D eigenvalue weighted by molar-refractivity contribution is 0.210. The predicted octanol–water partition coefficient (Wildman–Crippen LogP) is 2.92. The SMILES string of the molecule is Cc1cc(NC2CCN(Cc3cnc(C4CCC4)nc3)CC2)ncn1. The van der Waals surface area contributed by atoms with Crippen molar-refractivity contribution in [1.29, 1.82) is 0 Å². The van der Waals surface area contributed by atoms with Crippen molar-refractivity contribution in [3.63, 3.8) is 0 Å². The molecule has 0 unspecified atom stereocenters. The smallest absolute Gasteiger partial charge is 0.131 e. The van der Waals surface area contributed by atoms with Crippen molar-refractivity contribution in [3.05, 3.63) is 41.9 Å². The van der Waals surface area contributed by atoms with Gasteiger partial charge >= 0.3 is 0 Å². The first kappa shape index (κ1) is 16.4. The van der Waals surface area contributed by atoms with Crippen molar-refractivity contribution in [3.8, 4) is 0 Å². The Morgan fingerprint density at radius 3 is 2.44 bits per heavy atom. The molecule has 3 heterocycles. The zero-order chi connectivity index (χ0) is 17.1. The molecule has 1 N–H and O–H groups in total. The van der Waals surface area contributed by atoms with Crippen molar-refractivity contribution in [2.24, 2.45) is 0 Å². The molecule has 25 heavy (non-hydrogen) atoms.